The zero-order chi connectivity index (χ0) is 22.2. The molecule has 2 aromatic rings. The molecule has 0 saturated heterocycles. The van der Waals surface area contributed by atoms with Gasteiger partial charge < -0.3 is 14.8 Å². The molecule has 2 atom stereocenters. The first-order valence-corrected chi connectivity index (χ1v) is 11.4. The van der Waals surface area contributed by atoms with Gasteiger partial charge in [0.15, 0.2) is 0 Å². The average molecular weight is 424 g/mol. The molecule has 2 aromatic carbocycles. The SMILES string of the molecule is C=CCC[C@@H](C[C@H](CCCCC)OCc1ccccc1)NC(=O)OCc1ccccc1. The molecule has 168 valence electrons. The lowest BCUT2D eigenvalue weighted by atomic mass is 10.00. The molecule has 31 heavy (non-hydrogen) atoms. The van der Waals surface area contributed by atoms with Gasteiger partial charge in [-0.15, -0.1) is 6.58 Å². The molecule has 0 saturated carbocycles. The summed E-state index contributed by atoms with van der Waals surface area (Å²) in [5.41, 5.74) is 2.14. The maximum Gasteiger partial charge on any atom is 0.407 e. The molecule has 0 aliphatic carbocycles. The number of benzene rings is 2. The number of rotatable bonds is 15. The van der Waals surface area contributed by atoms with Gasteiger partial charge in [-0.1, -0.05) is 92.9 Å². The fourth-order valence-corrected chi connectivity index (χ4v) is 3.50. The molecule has 0 aliphatic rings. The normalized spacial score (nSPS) is 12.7. The van der Waals surface area contributed by atoms with Crippen molar-refractivity contribution in [3.63, 3.8) is 0 Å². The second kappa shape index (κ2) is 15.2. The second-order valence-electron chi connectivity index (χ2n) is 7.92. The minimum absolute atomic E-state index is 0.0105. The third-order valence-electron chi connectivity index (χ3n) is 5.26. The van der Waals surface area contributed by atoms with Crippen LogP contribution in [0, 0.1) is 0 Å². The van der Waals surface area contributed by atoms with Crippen molar-refractivity contribution in [2.24, 2.45) is 0 Å². The molecular weight excluding hydrogens is 386 g/mol. The van der Waals surface area contributed by atoms with Gasteiger partial charge >= 0.3 is 6.09 Å². The quantitative estimate of drug-likeness (QED) is 0.253. The van der Waals surface area contributed by atoms with Gasteiger partial charge in [-0.25, -0.2) is 4.79 Å². The number of carbonyl (C=O) groups is 1. The number of allylic oxidation sites excluding steroid dienone is 1. The van der Waals surface area contributed by atoms with Crippen molar-refractivity contribution in [2.45, 2.75) is 77.2 Å². The number of unbranched alkanes of at least 4 members (excludes halogenated alkanes) is 2. The minimum atomic E-state index is -0.381. The van der Waals surface area contributed by atoms with Crippen molar-refractivity contribution in [1.82, 2.24) is 5.32 Å². The number of nitrogens with one attached hydrogen (secondary N) is 1. The highest BCUT2D eigenvalue weighted by Gasteiger charge is 2.19. The van der Waals surface area contributed by atoms with E-state index in [9.17, 15) is 4.79 Å². The smallest absolute Gasteiger partial charge is 0.407 e. The highest BCUT2D eigenvalue weighted by atomic mass is 16.5. The van der Waals surface area contributed by atoms with E-state index in [0.29, 0.717) is 6.61 Å². The topological polar surface area (TPSA) is 47.6 Å². The van der Waals surface area contributed by atoms with Crippen molar-refractivity contribution in [3.05, 3.63) is 84.4 Å². The second-order valence-corrected chi connectivity index (χ2v) is 7.92. The molecule has 0 radical (unpaired) electrons. The Morgan fingerprint density at radius 1 is 0.968 bits per heavy atom. The van der Waals surface area contributed by atoms with Crippen LogP contribution in [0.5, 0.6) is 0 Å². The van der Waals surface area contributed by atoms with E-state index in [4.69, 9.17) is 9.47 Å². The first-order chi connectivity index (χ1) is 15.2. The maximum atomic E-state index is 12.4. The molecule has 0 spiro atoms. The predicted octanol–water partition coefficient (Wildman–Crippen LogP) is 6.80. The first-order valence-electron chi connectivity index (χ1n) is 11.4. The van der Waals surface area contributed by atoms with Crippen LogP contribution < -0.4 is 5.32 Å². The molecule has 0 unspecified atom stereocenters. The van der Waals surface area contributed by atoms with Crippen LogP contribution >= 0.6 is 0 Å². The van der Waals surface area contributed by atoms with Gasteiger partial charge in [0.25, 0.3) is 0 Å². The van der Waals surface area contributed by atoms with Crippen molar-refractivity contribution >= 4 is 6.09 Å². The summed E-state index contributed by atoms with van der Waals surface area (Å²) in [4.78, 5) is 12.4. The van der Waals surface area contributed by atoms with E-state index >= 15 is 0 Å². The Morgan fingerprint density at radius 3 is 2.23 bits per heavy atom. The molecule has 0 bridgehead atoms. The lowest BCUT2D eigenvalue weighted by Gasteiger charge is -2.25. The minimum Gasteiger partial charge on any atom is -0.445 e. The zero-order valence-electron chi connectivity index (χ0n) is 18.8. The Morgan fingerprint density at radius 2 is 1.61 bits per heavy atom. The lowest BCUT2D eigenvalue weighted by Crippen LogP contribution is -2.38. The van der Waals surface area contributed by atoms with Gasteiger partial charge in [0.05, 0.1) is 12.7 Å². The fourth-order valence-electron chi connectivity index (χ4n) is 3.50. The van der Waals surface area contributed by atoms with Crippen LogP contribution in [0.25, 0.3) is 0 Å². The van der Waals surface area contributed by atoms with Crippen molar-refractivity contribution in [1.29, 1.82) is 0 Å². The number of hydrogen-bond acceptors (Lipinski definition) is 3. The number of alkyl carbamates (subject to hydrolysis) is 1. The van der Waals surface area contributed by atoms with Crippen LogP contribution in [0.2, 0.25) is 0 Å². The largest absolute Gasteiger partial charge is 0.445 e. The van der Waals surface area contributed by atoms with Gasteiger partial charge in [-0.2, -0.15) is 0 Å². The summed E-state index contributed by atoms with van der Waals surface area (Å²) in [5, 5.41) is 3.05. The zero-order valence-corrected chi connectivity index (χ0v) is 18.8. The van der Waals surface area contributed by atoms with E-state index in [-0.39, 0.29) is 24.8 Å². The fraction of sp³-hybridized carbons (Fsp3) is 0.444. The average Bonchev–Trinajstić information content (AvgIpc) is 2.81. The highest BCUT2D eigenvalue weighted by Crippen LogP contribution is 2.17. The summed E-state index contributed by atoms with van der Waals surface area (Å²) in [6.07, 6.45) is 8.52. The van der Waals surface area contributed by atoms with Crippen LogP contribution in [0.4, 0.5) is 4.79 Å². The Labute approximate surface area is 187 Å². The number of amides is 1. The van der Waals surface area contributed by atoms with Crippen LogP contribution in [0.1, 0.15) is 63.0 Å². The van der Waals surface area contributed by atoms with Gasteiger partial charge in [0.2, 0.25) is 0 Å². The van der Waals surface area contributed by atoms with E-state index in [0.717, 1.165) is 37.7 Å². The van der Waals surface area contributed by atoms with Crippen molar-refractivity contribution in [2.75, 3.05) is 0 Å². The van der Waals surface area contributed by atoms with E-state index in [2.05, 4.69) is 31.0 Å². The summed E-state index contributed by atoms with van der Waals surface area (Å²) in [5.74, 6) is 0. The summed E-state index contributed by atoms with van der Waals surface area (Å²) >= 11 is 0. The Hall–Kier alpha value is -2.59. The summed E-state index contributed by atoms with van der Waals surface area (Å²) < 4.78 is 11.7. The van der Waals surface area contributed by atoms with Gasteiger partial charge in [0, 0.05) is 6.04 Å². The molecule has 0 aromatic heterocycles. The molecule has 1 amide bonds. The van der Waals surface area contributed by atoms with Gasteiger partial charge in [0.1, 0.15) is 6.61 Å². The van der Waals surface area contributed by atoms with Crippen LogP contribution in [-0.2, 0) is 22.7 Å². The van der Waals surface area contributed by atoms with Crippen LogP contribution in [-0.4, -0.2) is 18.2 Å². The van der Waals surface area contributed by atoms with Crippen LogP contribution in [0.15, 0.2) is 73.3 Å². The number of ether oxygens (including phenoxy) is 2. The number of hydrogen-bond donors (Lipinski definition) is 1. The molecule has 4 nitrogen and oxygen atoms in total. The molecule has 0 fully saturated rings. The van der Waals surface area contributed by atoms with Crippen molar-refractivity contribution < 1.29 is 14.3 Å². The Bertz CT molecular complexity index is 733. The van der Waals surface area contributed by atoms with Gasteiger partial charge in [-0.3, -0.25) is 0 Å². The summed E-state index contributed by atoms with van der Waals surface area (Å²) in [6, 6.07) is 19.9. The Kier molecular flexibility index (Phi) is 12.1. The number of carbonyl (C=O) groups excluding carboxylic acids is 1. The van der Waals surface area contributed by atoms with Crippen molar-refractivity contribution in [3.8, 4) is 0 Å². The molecule has 0 aliphatic heterocycles. The van der Waals surface area contributed by atoms with E-state index in [1.54, 1.807) is 0 Å². The third kappa shape index (κ3) is 10.8. The molecule has 2 rings (SSSR count). The lowest BCUT2D eigenvalue weighted by molar-refractivity contribution is 0.0203. The predicted molar refractivity (Wildman–Crippen MR) is 127 cm³/mol. The van der Waals surface area contributed by atoms with E-state index < -0.39 is 0 Å². The van der Waals surface area contributed by atoms with Gasteiger partial charge in [-0.05, 0) is 36.8 Å². The molecule has 4 heteroatoms. The monoisotopic (exact) mass is 423 g/mol. The summed E-state index contributed by atoms with van der Waals surface area (Å²) in [6.45, 7) is 6.89. The maximum absolute atomic E-state index is 12.4. The van der Waals surface area contributed by atoms with Crippen LogP contribution in [0.3, 0.4) is 0 Å². The Balaban J connectivity index is 1.91. The first kappa shape index (κ1) is 24.7. The summed E-state index contributed by atoms with van der Waals surface area (Å²) in [7, 11) is 0. The molecular formula is C27H37NO3. The molecule has 0 heterocycles. The van der Waals surface area contributed by atoms with E-state index in [1.165, 1.54) is 18.4 Å². The highest BCUT2D eigenvalue weighted by molar-refractivity contribution is 5.67. The molecule has 1 N–H and O–H groups in total. The standard InChI is InChI=1S/C27H37NO3/c1-3-5-9-19-26(30-21-23-14-10-7-11-15-23)20-25(18-6-4-2)28-27(29)31-22-24-16-12-8-13-17-24/h4,7-8,10-17,25-26H,2-3,5-6,9,18-22H2,1H3,(H,28,29)/t25-,26-/m0/s1. The third-order valence-corrected chi connectivity index (χ3v) is 5.26. The van der Waals surface area contributed by atoms with E-state index in [1.807, 2.05) is 54.6 Å².